The van der Waals surface area contributed by atoms with E-state index in [2.05, 4.69) is 24.0 Å². The molecule has 130 valence electrons. The normalized spacial score (nSPS) is 11.0. The maximum atomic E-state index is 12.2. The lowest BCUT2D eigenvalue weighted by molar-refractivity contribution is 0.414. The van der Waals surface area contributed by atoms with Gasteiger partial charge in [-0.15, -0.1) is 0 Å². The Hall–Kier alpha value is -3.02. The van der Waals surface area contributed by atoms with E-state index in [9.17, 15) is 9.90 Å². The van der Waals surface area contributed by atoms with Crippen molar-refractivity contribution in [1.29, 1.82) is 0 Å². The van der Waals surface area contributed by atoms with E-state index in [1.807, 2.05) is 36.4 Å². The molecule has 0 atom stereocenters. The monoisotopic (exact) mass is 339 g/mol. The number of nitrogens with zero attached hydrogens (tertiary/aromatic N) is 2. The van der Waals surface area contributed by atoms with Crippen LogP contribution >= 0.6 is 0 Å². The van der Waals surface area contributed by atoms with Gasteiger partial charge in [-0.1, -0.05) is 32.0 Å². The molecule has 0 aliphatic heterocycles. The Morgan fingerprint density at radius 2 is 1.92 bits per heavy atom. The SMILES string of the molecule is COc1ccc(Cn2c(-c3cc(C(C)C)ccc3O)n[nH]c2=O)cc1. The van der Waals surface area contributed by atoms with Crippen molar-refractivity contribution in [3.63, 3.8) is 0 Å². The lowest BCUT2D eigenvalue weighted by Gasteiger charge is -2.11. The summed E-state index contributed by atoms with van der Waals surface area (Å²) in [7, 11) is 1.61. The van der Waals surface area contributed by atoms with Crippen LogP contribution in [0.5, 0.6) is 11.5 Å². The highest BCUT2D eigenvalue weighted by molar-refractivity contribution is 5.65. The second-order valence-electron chi connectivity index (χ2n) is 6.22. The van der Waals surface area contributed by atoms with Crippen molar-refractivity contribution in [2.75, 3.05) is 7.11 Å². The predicted octanol–water partition coefficient (Wildman–Crippen LogP) is 3.12. The minimum atomic E-state index is -0.319. The molecule has 0 aliphatic carbocycles. The molecule has 2 N–H and O–H groups in total. The minimum absolute atomic E-state index is 0.0966. The van der Waals surface area contributed by atoms with Crippen molar-refractivity contribution in [2.45, 2.75) is 26.3 Å². The van der Waals surface area contributed by atoms with Gasteiger partial charge in [-0.3, -0.25) is 4.57 Å². The van der Waals surface area contributed by atoms with Crippen LogP contribution < -0.4 is 10.4 Å². The topological polar surface area (TPSA) is 80.1 Å². The fraction of sp³-hybridized carbons (Fsp3) is 0.263. The minimum Gasteiger partial charge on any atom is -0.507 e. The molecule has 0 saturated heterocycles. The van der Waals surface area contributed by atoms with Crippen LogP contribution in [0.25, 0.3) is 11.4 Å². The molecule has 0 fully saturated rings. The molecular weight excluding hydrogens is 318 g/mol. The van der Waals surface area contributed by atoms with E-state index in [4.69, 9.17) is 4.74 Å². The van der Waals surface area contributed by atoms with Gasteiger partial charge < -0.3 is 9.84 Å². The number of H-pyrrole nitrogens is 1. The Labute approximate surface area is 145 Å². The van der Waals surface area contributed by atoms with Crippen LogP contribution in [0.15, 0.2) is 47.3 Å². The molecule has 0 aliphatic rings. The Morgan fingerprint density at radius 3 is 2.56 bits per heavy atom. The van der Waals surface area contributed by atoms with E-state index in [0.29, 0.717) is 23.9 Å². The summed E-state index contributed by atoms with van der Waals surface area (Å²) in [5, 5.41) is 16.8. The zero-order valence-corrected chi connectivity index (χ0v) is 14.5. The van der Waals surface area contributed by atoms with Crippen molar-refractivity contribution in [2.24, 2.45) is 0 Å². The van der Waals surface area contributed by atoms with Crippen molar-refractivity contribution >= 4 is 0 Å². The summed E-state index contributed by atoms with van der Waals surface area (Å²) < 4.78 is 6.67. The van der Waals surface area contributed by atoms with E-state index in [1.54, 1.807) is 13.2 Å². The average molecular weight is 339 g/mol. The summed E-state index contributed by atoms with van der Waals surface area (Å²) in [5.74, 6) is 1.58. The van der Waals surface area contributed by atoms with Gasteiger partial charge in [-0.2, -0.15) is 5.10 Å². The van der Waals surface area contributed by atoms with Gasteiger partial charge in [0.2, 0.25) is 0 Å². The van der Waals surface area contributed by atoms with E-state index in [1.165, 1.54) is 4.57 Å². The molecule has 0 amide bonds. The molecule has 0 spiro atoms. The van der Waals surface area contributed by atoms with Gasteiger partial charge in [0.05, 0.1) is 19.2 Å². The summed E-state index contributed by atoms with van der Waals surface area (Å²) in [4.78, 5) is 12.2. The molecule has 0 unspecified atom stereocenters. The number of aromatic hydroxyl groups is 1. The number of phenolic OH excluding ortho intramolecular Hbond substituents is 1. The number of ether oxygens (including phenoxy) is 1. The first-order valence-corrected chi connectivity index (χ1v) is 8.11. The largest absolute Gasteiger partial charge is 0.507 e. The summed E-state index contributed by atoms with van der Waals surface area (Å²) >= 11 is 0. The highest BCUT2D eigenvalue weighted by Crippen LogP contribution is 2.30. The Balaban J connectivity index is 2.02. The highest BCUT2D eigenvalue weighted by atomic mass is 16.5. The van der Waals surface area contributed by atoms with Crippen LogP contribution in [-0.4, -0.2) is 27.0 Å². The first-order chi connectivity index (χ1) is 12.0. The van der Waals surface area contributed by atoms with Crippen molar-refractivity contribution < 1.29 is 9.84 Å². The third-order valence-electron chi connectivity index (χ3n) is 4.19. The number of methoxy groups -OCH3 is 1. The van der Waals surface area contributed by atoms with Crippen molar-refractivity contribution in [3.05, 3.63) is 64.1 Å². The number of hydrogen-bond donors (Lipinski definition) is 2. The number of rotatable bonds is 5. The summed E-state index contributed by atoms with van der Waals surface area (Å²) in [6.07, 6.45) is 0. The van der Waals surface area contributed by atoms with Gasteiger partial charge in [0.1, 0.15) is 11.5 Å². The Bertz CT molecular complexity index is 924. The number of aromatic amines is 1. The standard InChI is InChI=1S/C19H21N3O3/c1-12(2)14-6-9-17(23)16(10-14)18-20-21-19(24)22(18)11-13-4-7-15(25-3)8-5-13/h4-10,12,23H,11H2,1-3H3,(H,21,24). The van der Waals surface area contributed by atoms with Crippen LogP contribution in [0.2, 0.25) is 0 Å². The van der Waals surface area contributed by atoms with Crippen LogP contribution in [0.4, 0.5) is 0 Å². The van der Waals surface area contributed by atoms with Crippen molar-refractivity contribution in [3.8, 4) is 22.9 Å². The molecule has 1 aromatic heterocycles. The van der Waals surface area contributed by atoms with Crippen LogP contribution in [0.1, 0.15) is 30.9 Å². The van der Waals surface area contributed by atoms with Crippen LogP contribution in [0, 0.1) is 0 Å². The number of nitrogens with one attached hydrogen (secondary N) is 1. The van der Waals surface area contributed by atoms with E-state index < -0.39 is 0 Å². The lowest BCUT2D eigenvalue weighted by Crippen LogP contribution is -2.18. The Morgan fingerprint density at radius 1 is 1.20 bits per heavy atom. The number of phenols is 1. The first-order valence-electron chi connectivity index (χ1n) is 8.11. The Kier molecular flexibility index (Phi) is 4.61. The van der Waals surface area contributed by atoms with E-state index in [-0.39, 0.29) is 11.4 Å². The predicted molar refractivity (Wildman–Crippen MR) is 96.1 cm³/mol. The van der Waals surface area contributed by atoms with E-state index >= 15 is 0 Å². The van der Waals surface area contributed by atoms with Gasteiger partial charge in [0.25, 0.3) is 0 Å². The quantitative estimate of drug-likeness (QED) is 0.748. The zero-order chi connectivity index (χ0) is 18.0. The van der Waals surface area contributed by atoms with Gasteiger partial charge >= 0.3 is 5.69 Å². The second kappa shape index (κ2) is 6.84. The van der Waals surface area contributed by atoms with E-state index in [0.717, 1.165) is 16.9 Å². The average Bonchev–Trinajstić information content (AvgIpc) is 2.96. The smallest absolute Gasteiger partial charge is 0.343 e. The summed E-state index contributed by atoms with van der Waals surface area (Å²) in [6.45, 7) is 4.50. The molecule has 6 nitrogen and oxygen atoms in total. The second-order valence-corrected chi connectivity index (χ2v) is 6.22. The summed E-state index contributed by atoms with van der Waals surface area (Å²) in [5.41, 5.74) is 2.22. The molecule has 3 rings (SSSR count). The maximum Gasteiger partial charge on any atom is 0.343 e. The molecule has 25 heavy (non-hydrogen) atoms. The molecule has 0 saturated carbocycles. The maximum absolute atomic E-state index is 12.2. The summed E-state index contributed by atoms with van der Waals surface area (Å²) in [6, 6.07) is 12.9. The van der Waals surface area contributed by atoms with Gasteiger partial charge in [-0.05, 0) is 41.3 Å². The van der Waals surface area contributed by atoms with Crippen molar-refractivity contribution in [1.82, 2.24) is 14.8 Å². The molecule has 0 bridgehead atoms. The van der Waals surface area contributed by atoms with Crippen LogP contribution in [-0.2, 0) is 6.54 Å². The highest BCUT2D eigenvalue weighted by Gasteiger charge is 2.16. The lowest BCUT2D eigenvalue weighted by atomic mass is 10.00. The molecular formula is C19H21N3O3. The van der Waals surface area contributed by atoms with Gasteiger partial charge in [0.15, 0.2) is 5.82 Å². The number of aromatic nitrogens is 3. The fourth-order valence-electron chi connectivity index (χ4n) is 2.68. The van der Waals surface area contributed by atoms with Crippen LogP contribution in [0.3, 0.4) is 0 Å². The third kappa shape index (κ3) is 3.42. The first kappa shape index (κ1) is 16.8. The zero-order valence-electron chi connectivity index (χ0n) is 14.5. The third-order valence-corrected chi connectivity index (χ3v) is 4.19. The number of hydrogen-bond acceptors (Lipinski definition) is 4. The molecule has 6 heteroatoms. The number of benzene rings is 2. The molecule has 3 aromatic rings. The molecule has 0 radical (unpaired) electrons. The fourth-order valence-corrected chi connectivity index (χ4v) is 2.68. The molecule has 1 heterocycles. The van der Waals surface area contributed by atoms with Gasteiger partial charge in [0, 0.05) is 0 Å². The molecule has 2 aromatic carbocycles. The van der Waals surface area contributed by atoms with Gasteiger partial charge in [-0.25, -0.2) is 9.89 Å².